The molecule has 0 fully saturated rings. The lowest BCUT2D eigenvalue weighted by atomic mass is 9.83. The van der Waals surface area contributed by atoms with Gasteiger partial charge in [-0.1, -0.05) is 129 Å². The van der Waals surface area contributed by atoms with Gasteiger partial charge in [-0.3, -0.25) is 0 Å². The highest BCUT2D eigenvalue weighted by atomic mass is 14.2. The Labute approximate surface area is 192 Å². The predicted molar refractivity (Wildman–Crippen MR) is 142 cm³/mol. The van der Waals surface area contributed by atoms with Gasteiger partial charge in [0.1, 0.15) is 0 Å². The van der Waals surface area contributed by atoms with E-state index >= 15 is 0 Å². The molecule has 3 aromatic carbocycles. The van der Waals surface area contributed by atoms with Crippen LogP contribution in [0, 0.1) is 19.3 Å². The number of aryl methyl sites for hydroxylation is 2. The molecule has 31 heavy (non-hydrogen) atoms. The van der Waals surface area contributed by atoms with E-state index in [0.29, 0.717) is 5.41 Å². The Balaban J connectivity index is 0.000000605. The Hall–Kier alpha value is -2.34. The molecule has 0 aromatic heterocycles. The first-order chi connectivity index (χ1) is 14.4. The molecule has 0 radical (unpaired) electrons. The highest BCUT2D eigenvalue weighted by Crippen LogP contribution is 2.37. The van der Waals surface area contributed by atoms with Gasteiger partial charge in [0, 0.05) is 0 Å². The Bertz CT molecular complexity index is 940. The molecule has 168 valence electrons. The average Bonchev–Trinajstić information content (AvgIpc) is 2.68. The van der Waals surface area contributed by atoms with Crippen molar-refractivity contribution in [1.82, 2.24) is 0 Å². The molecule has 0 unspecified atom stereocenters. The van der Waals surface area contributed by atoms with Crippen LogP contribution in [0.4, 0.5) is 0 Å². The molecule has 0 aliphatic heterocycles. The smallest absolute Gasteiger partial charge is 0.0103 e. The summed E-state index contributed by atoms with van der Waals surface area (Å²) in [6.45, 7) is 24.0. The van der Waals surface area contributed by atoms with Crippen LogP contribution in [0.5, 0.6) is 0 Å². The number of benzene rings is 3. The molecule has 0 N–H and O–H groups in total. The third-order valence-electron chi connectivity index (χ3n) is 4.76. The maximum absolute atomic E-state index is 2.37. The summed E-state index contributed by atoms with van der Waals surface area (Å²) in [5.41, 5.74) is 9.94. The van der Waals surface area contributed by atoms with Gasteiger partial charge in [0.15, 0.2) is 0 Å². The molecule has 0 aliphatic rings. The van der Waals surface area contributed by atoms with Gasteiger partial charge in [0.2, 0.25) is 0 Å². The van der Waals surface area contributed by atoms with Gasteiger partial charge in [0.25, 0.3) is 0 Å². The van der Waals surface area contributed by atoms with Gasteiger partial charge >= 0.3 is 0 Å². The van der Waals surface area contributed by atoms with E-state index in [-0.39, 0.29) is 5.41 Å². The van der Waals surface area contributed by atoms with Crippen molar-refractivity contribution in [2.24, 2.45) is 5.41 Å². The van der Waals surface area contributed by atoms with Gasteiger partial charge < -0.3 is 0 Å². The van der Waals surface area contributed by atoms with E-state index in [1.54, 1.807) is 0 Å². The molecule has 3 aromatic rings. The van der Waals surface area contributed by atoms with Crippen molar-refractivity contribution >= 4 is 0 Å². The lowest BCUT2D eigenvalue weighted by Crippen LogP contribution is -2.11. The SMILES string of the molecule is CC.CC(C)(C)C.Cc1ccccc1-c1ccccc1-c1cc(C(C)(C)C)ccc1C. The first-order valence-corrected chi connectivity index (χ1v) is 11.6. The molecule has 0 saturated heterocycles. The molecule has 0 atom stereocenters. The fourth-order valence-electron chi connectivity index (χ4n) is 3.21. The maximum atomic E-state index is 2.37. The third-order valence-corrected chi connectivity index (χ3v) is 4.76. The summed E-state index contributed by atoms with van der Waals surface area (Å²) in [5.74, 6) is 0. The Morgan fingerprint density at radius 1 is 0.484 bits per heavy atom. The van der Waals surface area contributed by atoms with Crippen LogP contribution in [0.3, 0.4) is 0 Å². The van der Waals surface area contributed by atoms with E-state index in [0.717, 1.165) is 0 Å². The molecule has 0 spiro atoms. The lowest BCUT2D eigenvalue weighted by molar-refractivity contribution is 0.469. The minimum absolute atomic E-state index is 0.153. The highest BCUT2D eigenvalue weighted by molar-refractivity contribution is 5.86. The standard InChI is InChI=1S/C24H26.C5H12.C2H6/c1-17-10-6-7-11-20(17)21-12-8-9-13-22(21)23-16-19(24(3,4)5)15-14-18(23)2;1-5(2,3)4;1-2/h6-16H,1-5H3;1-4H3;1-2H3. The summed E-state index contributed by atoms with van der Waals surface area (Å²) in [7, 11) is 0. The van der Waals surface area contributed by atoms with E-state index in [1.165, 1.54) is 38.9 Å². The molecule has 0 amide bonds. The van der Waals surface area contributed by atoms with E-state index in [9.17, 15) is 0 Å². The molecule has 0 bridgehead atoms. The normalized spacial score (nSPS) is 11.1. The molecule has 3 rings (SSSR count). The summed E-state index contributed by atoms with van der Waals surface area (Å²) in [5, 5.41) is 0. The van der Waals surface area contributed by atoms with Crippen LogP contribution in [0.2, 0.25) is 0 Å². The molecule has 0 heterocycles. The maximum Gasteiger partial charge on any atom is -0.0103 e. The van der Waals surface area contributed by atoms with Crippen LogP contribution in [-0.2, 0) is 5.41 Å². The van der Waals surface area contributed by atoms with E-state index in [1.807, 2.05) is 13.8 Å². The van der Waals surface area contributed by atoms with Crippen LogP contribution >= 0.6 is 0 Å². The van der Waals surface area contributed by atoms with Gasteiger partial charge in [-0.25, -0.2) is 0 Å². The number of hydrogen-bond acceptors (Lipinski definition) is 0. The molecule has 0 aliphatic carbocycles. The van der Waals surface area contributed by atoms with E-state index in [2.05, 4.69) is 129 Å². The van der Waals surface area contributed by atoms with Crippen LogP contribution in [0.25, 0.3) is 22.3 Å². The van der Waals surface area contributed by atoms with Crippen molar-refractivity contribution in [3.05, 3.63) is 83.4 Å². The summed E-state index contributed by atoms with van der Waals surface area (Å²) in [6, 6.07) is 24.3. The second-order valence-electron chi connectivity index (χ2n) is 10.6. The van der Waals surface area contributed by atoms with E-state index < -0.39 is 0 Å². The second kappa shape index (κ2) is 11.3. The van der Waals surface area contributed by atoms with Crippen molar-refractivity contribution in [3.8, 4) is 22.3 Å². The van der Waals surface area contributed by atoms with Crippen molar-refractivity contribution in [2.45, 2.75) is 81.6 Å². The number of hydrogen-bond donors (Lipinski definition) is 0. The topological polar surface area (TPSA) is 0 Å². The Kier molecular flexibility index (Phi) is 9.75. The minimum Gasteiger partial charge on any atom is -0.0683 e. The molecular formula is C31H44. The van der Waals surface area contributed by atoms with Crippen molar-refractivity contribution in [3.63, 3.8) is 0 Å². The van der Waals surface area contributed by atoms with Crippen molar-refractivity contribution < 1.29 is 0 Å². The zero-order valence-electron chi connectivity index (χ0n) is 21.9. The molecule has 0 heteroatoms. The van der Waals surface area contributed by atoms with Crippen molar-refractivity contribution in [1.29, 1.82) is 0 Å². The average molecular weight is 417 g/mol. The number of rotatable bonds is 2. The fourth-order valence-corrected chi connectivity index (χ4v) is 3.21. The molecule has 0 saturated carbocycles. The largest absolute Gasteiger partial charge is 0.0683 e. The molecular weight excluding hydrogens is 372 g/mol. The summed E-state index contributed by atoms with van der Waals surface area (Å²) >= 11 is 0. The Morgan fingerprint density at radius 3 is 1.32 bits per heavy atom. The zero-order valence-corrected chi connectivity index (χ0v) is 21.9. The minimum atomic E-state index is 0.153. The second-order valence-corrected chi connectivity index (χ2v) is 10.6. The highest BCUT2D eigenvalue weighted by Gasteiger charge is 2.17. The first kappa shape index (κ1) is 26.7. The van der Waals surface area contributed by atoms with Crippen LogP contribution < -0.4 is 0 Å². The quantitative estimate of drug-likeness (QED) is 0.390. The monoisotopic (exact) mass is 416 g/mol. The predicted octanol–water partition coefficient (Wildman–Crippen LogP) is 10.0. The Morgan fingerprint density at radius 2 is 0.871 bits per heavy atom. The summed E-state index contributed by atoms with van der Waals surface area (Å²) in [4.78, 5) is 0. The van der Waals surface area contributed by atoms with Gasteiger partial charge in [-0.15, -0.1) is 0 Å². The summed E-state index contributed by atoms with van der Waals surface area (Å²) in [6.07, 6.45) is 0. The zero-order chi connectivity index (χ0) is 23.8. The van der Waals surface area contributed by atoms with Gasteiger partial charge in [-0.05, 0) is 63.6 Å². The molecule has 0 nitrogen and oxygen atoms in total. The van der Waals surface area contributed by atoms with Crippen LogP contribution in [0.15, 0.2) is 66.7 Å². The van der Waals surface area contributed by atoms with Crippen LogP contribution in [-0.4, -0.2) is 0 Å². The third kappa shape index (κ3) is 8.37. The van der Waals surface area contributed by atoms with Gasteiger partial charge in [-0.2, -0.15) is 0 Å². The van der Waals surface area contributed by atoms with Gasteiger partial charge in [0.05, 0.1) is 0 Å². The van der Waals surface area contributed by atoms with Crippen LogP contribution in [0.1, 0.15) is 79.0 Å². The van der Waals surface area contributed by atoms with Crippen molar-refractivity contribution in [2.75, 3.05) is 0 Å². The fraction of sp³-hybridized carbons (Fsp3) is 0.419. The lowest BCUT2D eigenvalue weighted by Gasteiger charge is -2.22. The first-order valence-electron chi connectivity index (χ1n) is 11.6. The van der Waals surface area contributed by atoms with E-state index in [4.69, 9.17) is 0 Å². The summed E-state index contributed by atoms with van der Waals surface area (Å²) < 4.78 is 0.